The number of aromatic nitrogens is 1. The molecule has 4 fully saturated rings. The second-order valence-electron chi connectivity index (χ2n) is 9.49. The predicted molar refractivity (Wildman–Crippen MR) is 117 cm³/mol. The summed E-state index contributed by atoms with van der Waals surface area (Å²) < 4.78 is 4.90. The molecule has 0 unspecified atom stereocenters. The zero-order chi connectivity index (χ0) is 20.7. The highest BCUT2D eigenvalue weighted by molar-refractivity contribution is 5.86. The number of nitrogens with zero attached hydrogens (tertiary/aromatic N) is 1. The molecule has 4 heteroatoms. The van der Waals surface area contributed by atoms with Crippen LogP contribution in [0.2, 0.25) is 0 Å². The lowest BCUT2D eigenvalue weighted by molar-refractivity contribution is -0.137. The van der Waals surface area contributed by atoms with Gasteiger partial charge in [0.25, 0.3) is 0 Å². The van der Waals surface area contributed by atoms with Crippen molar-refractivity contribution in [3.8, 4) is 16.9 Å². The topological polar surface area (TPSA) is 59.4 Å². The molecule has 0 saturated heterocycles. The van der Waals surface area contributed by atoms with Gasteiger partial charge in [0.1, 0.15) is 5.75 Å². The van der Waals surface area contributed by atoms with Gasteiger partial charge in [-0.25, -0.2) is 4.79 Å². The average molecular weight is 404 g/mol. The second kappa shape index (κ2) is 7.57. The van der Waals surface area contributed by atoms with Gasteiger partial charge in [-0.2, -0.15) is 0 Å². The van der Waals surface area contributed by atoms with Crippen molar-refractivity contribution < 1.29 is 14.6 Å². The molecule has 1 N–H and O–H groups in total. The van der Waals surface area contributed by atoms with Crippen LogP contribution in [0.15, 0.2) is 42.6 Å². The van der Waals surface area contributed by atoms with E-state index in [0.29, 0.717) is 18.1 Å². The molecule has 4 aliphatic rings. The van der Waals surface area contributed by atoms with Gasteiger partial charge in [0.15, 0.2) is 0 Å². The molecule has 4 bridgehead atoms. The SMILES string of the molecule is CCOC(=O)C=Cc1ccc(-c2ccc(O)c(C34CC5CC(CC(C5)C3)C4)c2)cn1. The van der Waals surface area contributed by atoms with Crippen LogP contribution in [0, 0.1) is 17.8 Å². The first-order valence-electron chi connectivity index (χ1n) is 11.2. The lowest BCUT2D eigenvalue weighted by atomic mass is 9.48. The van der Waals surface area contributed by atoms with Crippen molar-refractivity contribution in [1.82, 2.24) is 4.98 Å². The molecule has 0 radical (unpaired) electrons. The summed E-state index contributed by atoms with van der Waals surface area (Å²) in [6.07, 6.45) is 12.8. The van der Waals surface area contributed by atoms with Gasteiger partial charge in [-0.3, -0.25) is 4.98 Å². The standard InChI is InChI=1S/C26H29NO3/c1-2-30-25(29)8-6-22-5-3-21(16-27-22)20-4-7-24(28)23(12-20)26-13-17-9-18(14-26)11-19(10-17)15-26/h3-8,12,16-19,28H,2,9-11,13-15H2,1H3. The molecule has 4 saturated carbocycles. The number of ether oxygens (including phenoxy) is 1. The first-order valence-corrected chi connectivity index (χ1v) is 11.2. The third kappa shape index (κ3) is 3.53. The number of aromatic hydroxyl groups is 1. The zero-order valence-electron chi connectivity index (χ0n) is 17.5. The summed E-state index contributed by atoms with van der Waals surface area (Å²) in [5.74, 6) is 2.61. The normalized spacial score (nSPS) is 29.4. The van der Waals surface area contributed by atoms with E-state index in [2.05, 4.69) is 11.1 Å². The van der Waals surface area contributed by atoms with Crippen LogP contribution in [0.4, 0.5) is 0 Å². The molecule has 4 nitrogen and oxygen atoms in total. The van der Waals surface area contributed by atoms with E-state index in [4.69, 9.17) is 4.74 Å². The smallest absolute Gasteiger partial charge is 0.330 e. The fraction of sp³-hybridized carbons (Fsp3) is 0.462. The summed E-state index contributed by atoms with van der Waals surface area (Å²) in [7, 11) is 0. The Bertz CT molecular complexity index is 941. The molecule has 0 atom stereocenters. The van der Waals surface area contributed by atoms with Gasteiger partial charge in [-0.1, -0.05) is 12.1 Å². The third-order valence-electron chi connectivity index (χ3n) is 7.40. The number of phenolic OH excluding ortho intramolecular Hbond substituents is 1. The largest absolute Gasteiger partial charge is 0.508 e. The molecule has 156 valence electrons. The number of hydrogen-bond acceptors (Lipinski definition) is 4. The molecule has 0 amide bonds. The first-order chi connectivity index (χ1) is 14.5. The van der Waals surface area contributed by atoms with Gasteiger partial charge in [0.2, 0.25) is 0 Å². The summed E-state index contributed by atoms with van der Waals surface area (Å²) in [6.45, 7) is 2.15. The van der Waals surface area contributed by atoms with Gasteiger partial charge in [-0.15, -0.1) is 0 Å². The minimum atomic E-state index is -0.359. The fourth-order valence-corrected chi connectivity index (χ4v) is 6.60. The molecular formula is C26H29NO3. The summed E-state index contributed by atoms with van der Waals surface area (Å²) in [5, 5.41) is 10.8. The Kier molecular flexibility index (Phi) is 4.88. The van der Waals surface area contributed by atoms with Crippen molar-refractivity contribution in [2.45, 2.75) is 50.9 Å². The van der Waals surface area contributed by atoms with Gasteiger partial charge < -0.3 is 9.84 Å². The minimum Gasteiger partial charge on any atom is -0.508 e. The number of carbonyl (C=O) groups is 1. The van der Waals surface area contributed by atoms with Crippen LogP contribution in [0.1, 0.15) is 56.7 Å². The number of carbonyl (C=O) groups excluding carboxylic acids is 1. The molecule has 0 spiro atoms. The van der Waals surface area contributed by atoms with Crippen molar-refractivity contribution in [3.05, 3.63) is 53.9 Å². The number of hydrogen-bond donors (Lipinski definition) is 1. The number of phenols is 1. The zero-order valence-corrected chi connectivity index (χ0v) is 17.5. The molecule has 1 aromatic carbocycles. The summed E-state index contributed by atoms with van der Waals surface area (Å²) >= 11 is 0. The third-order valence-corrected chi connectivity index (χ3v) is 7.40. The highest BCUT2D eigenvalue weighted by atomic mass is 16.5. The molecule has 1 aromatic heterocycles. The second-order valence-corrected chi connectivity index (χ2v) is 9.49. The van der Waals surface area contributed by atoms with Crippen LogP contribution in [0.3, 0.4) is 0 Å². The van der Waals surface area contributed by atoms with Crippen LogP contribution in [0.5, 0.6) is 5.75 Å². The minimum absolute atomic E-state index is 0.157. The van der Waals surface area contributed by atoms with Crippen molar-refractivity contribution in [3.63, 3.8) is 0 Å². The lowest BCUT2D eigenvalue weighted by Gasteiger charge is -2.57. The fourth-order valence-electron chi connectivity index (χ4n) is 6.60. The van der Waals surface area contributed by atoms with Crippen LogP contribution >= 0.6 is 0 Å². The molecule has 4 aliphatic carbocycles. The van der Waals surface area contributed by atoms with Crippen molar-refractivity contribution in [2.75, 3.05) is 6.61 Å². The molecule has 6 rings (SSSR count). The van der Waals surface area contributed by atoms with Crippen LogP contribution in [-0.2, 0) is 14.9 Å². The Morgan fingerprint density at radius 3 is 2.37 bits per heavy atom. The highest BCUT2D eigenvalue weighted by Crippen LogP contribution is 2.62. The first kappa shape index (κ1) is 19.3. The maximum absolute atomic E-state index is 11.5. The van der Waals surface area contributed by atoms with Gasteiger partial charge in [0.05, 0.1) is 12.3 Å². The van der Waals surface area contributed by atoms with Gasteiger partial charge in [0, 0.05) is 23.4 Å². The van der Waals surface area contributed by atoms with Crippen LogP contribution in [-0.4, -0.2) is 22.7 Å². The van der Waals surface area contributed by atoms with Gasteiger partial charge in [-0.05, 0) is 98.5 Å². The molecule has 0 aliphatic heterocycles. The Morgan fingerprint density at radius 1 is 1.10 bits per heavy atom. The summed E-state index contributed by atoms with van der Waals surface area (Å²) in [5.41, 5.74) is 4.13. The van der Waals surface area contributed by atoms with Crippen LogP contribution in [0.25, 0.3) is 17.2 Å². The van der Waals surface area contributed by atoms with E-state index in [1.54, 1.807) is 13.0 Å². The Morgan fingerprint density at radius 2 is 1.77 bits per heavy atom. The summed E-state index contributed by atoms with van der Waals surface area (Å²) in [4.78, 5) is 16.0. The molecule has 30 heavy (non-hydrogen) atoms. The van der Waals surface area contributed by atoms with E-state index in [0.717, 1.165) is 34.4 Å². The van der Waals surface area contributed by atoms with Crippen molar-refractivity contribution >= 4 is 12.0 Å². The van der Waals surface area contributed by atoms with E-state index in [1.165, 1.54) is 44.6 Å². The Labute approximate surface area is 178 Å². The average Bonchev–Trinajstić information content (AvgIpc) is 2.72. The highest BCUT2D eigenvalue weighted by Gasteiger charge is 2.52. The monoisotopic (exact) mass is 403 g/mol. The lowest BCUT2D eigenvalue weighted by Crippen LogP contribution is -2.48. The van der Waals surface area contributed by atoms with Crippen molar-refractivity contribution in [2.24, 2.45) is 17.8 Å². The maximum Gasteiger partial charge on any atom is 0.330 e. The quantitative estimate of drug-likeness (QED) is 0.529. The van der Waals surface area contributed by atoms with Crippen LogP contribution < -0.4 is 0 Å². The molecule has 2 aromatic rings. The number of esters is 1. The van der Waals surface area contributed by atoms with Crippen molar-refractivity contribution in [1.29, 1.82) is 0 Å². The molecular weight excluding hydrogens is 374 g/mol. The number of benzene rings is 1. The number of rotatable bonds is 5. The van der Waals surface area contributed by atoms with E-state index >= 15 is 0 Å². The van der Waals surface area contributed by atoms with E-state index < -0.39 is 0 Å². The van der Waals surface area contributed by atoms with E-state index in [9.17, 15) is 9.90 Å². The van der Waals surface area contributed by atoms with Gasteiger partial charge >= 0.3 is 5.97 Å². The Balaban J connectivity index is 1.41. The number of pyridine rings is 1. The van der Waals surface area contributed by atoms with E-state index in [1.807, 2.05) is 30.5 Å². The summed E-state index contributed by atoms with van der Waals surface area (Å²) in [6, 6.07) is 9.96. The molecule has 1 heterocycles. The van der Waals surface area contributed by atoms with E-state index in [-0.39, 0.29) is 11.4 Å². The maximum atomic E-state index is 11.5. The predicted octanol–water partition coefficient (Wildman–Crippen LogP) is 5.50. The Hall–Kier alpha value is -2.62.